The number of benzene rings is 1. The van der Waals surface area contributed by atoms with Crippen molar-refractivity contribution in [3.63, 3.8) is 0 Å². The second-order valence-electron chi connectivity index (χ2n) is 5.59. The van der Waals surface area contributed by atoms with E-state index in [4.69, 9.17) is 9.15 Å². The highest BCUT2D eigenvalue weighted by atomic mass is 19.1. The summed E-state index contributed by atoms with van der Waals surface area (Å²) >= 11 is 0. The first-order chi connectivity index (χ1) is 11.1. The number of amides is 1. The normalized spacial score (nSPS) is 21.4. The molecule has 1 atom stereocenters. The summed E-state index contributed by atoms with van der Waals surface area (Å²) in [4.78, 5) is 17.7. The van der Waals surface area contributed by atoms with Crippen molar-refractivity contribution in [2.75, 3.05) is 26.3 Å². The highest BCUT2D eigenvalue weighted by Crippen LogP contribution is 2.24. The predicted octanol–water partition coefficient (Wildman–Crippen LogP) is 1.26. The van der Waals surface area contributed by atoms with Crippen molar-refractivity contribution in [1.29, 1.82) is 0 Å². The van der Waals surface area contributed by atoms with Gasteiger partial charge in [0, 0.05) is 13.0 Å². The minimum absolute atomic E-state index is 0.143. The van der Waals surface area contributed by atoms with Gasteiger partial charge in [0.25, 0.3) is 5.91 Å². The van der Waals surface area contributed by atoms with Crippen LogP contribution in [0.4, 0.5) is 4.39 Å². The van der Waals surface area contributed by atoms with Gasteiger partial charge >= 0.3 is 0 Å². The van der Waals surface area contributed by atoms with E-state index in [0.717, 1.165) is 0 Å². The van der Waals surface area contributed by atoms with Crippen LogP contribution in [0.1, 0.15) is 16.1 Å². The van der Waals surface area contributed by atoms with Crippen LogP contribution in [0.2, 0.25) is 0 Å². The highest BCUT2D eigenvalue weighted by Gasteiger charge is 2.39. The molecule has 3 rings (SSSR count). The number of aliphatic hydroxyl groups is 1. The molecular weight excluding hydrogens is 303 g/mol. The number of morpholine rings is 1. The van der Waals surface area contributed by atoms with E-state index >= 15 is 0 Å². The van der Waals surface area contributed by atoms with Crippen LogP contribution in [0.5, 0.6) is 0 Å². The first kappa shape index (κ1) is 15.6. The number of ether oxygens (including phenoxy) is 1. The minimum atomic E-state index is -0.957. The Morgan fingerprint density at radius 2 is 2.35 bits per heavy atom. The third-order valence-corrected chi connectivity index (χ3v) is 3.88. The summed E-state index contributed by atoms with van der Waals surface area (Å²) in [5.41, 5.74) is -0.255. The quantitative estimate of drug-likeness (QED) is 0.918. The molecule has 2 heterocycles. The molecule has 7 heteroatoms. The number of halogens is 1. The lowest BCUT2D eigenvalue weighted by Gasteiger charge is -2.41. The number of oxazole rings is 1. The number of carbonyl (C=O) groups is 1. The fourth-order valence-electron chi connectivity index (χ4n) is 2.77. The third-order valence-electron chi connectivity index (χ3n) is 3.88. The maximum Gasteiger partial charge on any atom is 0.291 e. The zero-order valence-electron chi connectivity index (χ0n) is 12.4. The molecule has 1 N–H and O–H groups in total. The van der Waals surface area contributed by atoms with Gasteiger partial charge in [-0.25, -0.2) is 9.37 Å². The lowest BCUT2D eigenvalue weighted by atomic mass is 9.93. The number of hydrogen-bond acceptors (Lipinski definition) is 5. The lowest BCUT2D eigenvalue weighted by molar-refractivity contribution is -0.124. The molecule has 0 bridgehead atoms. The molecule has 0 spiro atoms. The summed E-state index contributed by atoms with van der Waals surface area (Å²) in [5.74, 6) is -0.506. The molecule has 1 aliphatic heterocycles. The van der Waals surface area contributed by atoms with E-state index in [0.29, 0.717) is 18.5 Å². The standard InChI is InChI=1S/C16H17FN2O4/c17-13-3-1-2-12(6-13)7-16(10-20)9-19(4-5-23-16)15(21)14-8-18-11-22-14/h1-3,6,8,11,20H,4-5,7,9-10H2/t16-/m1/s1. The van der Waals surface area contributed by atoms with E-state index in [1.54, 1.807) is 17.0 Å². The molecule has 122 valence electrons. The fourth-order valence-corrected chi connectivity index (χ4v) is 2.77. The lowest BCUT2D eigenvalue weighted by Crippen LogP contribution is -2.56. The van der Waals surface area contributed by atoms with Gasteiger partial charge in [-0.05, 0) is 17.7 Å². The number of aliphatic hydroxyl groups excluding tert-OH is 1. The summed E-state index contributed by atoms with van der Waals surface area (Å²) < 4.78 is 24.1. The van der Waals surface area contributed by atoms with Crippen molar-refractivity contribution in [3.05, 3.63) is 54.0 Å². The summed E-state index contributed by atoms with van der Waals surface area (Å²) in [6.45, 7) is 0.601. The van der Waals surface area contributed by atoms with Crippen molar-refractivity contribution < 1.29 is 23.4 Å². The molecule has 0 unspecified atom stereocenters. The van der Waals surface area contributed by atoms with Gasteiger partial charge in [-0.1, -0.05) is 12.1 Å². The van der Waals surface area contributed by atoms with Crippen LogP contribution in [-0.2, 0) is 11.2 Å². The molecule has 0 saturated carbocycles. The molecule has 1 aliphatic rings. The van der Waals surface area contributed by atoms with Crippen molar-refractivity contribution in [3.8, 4) is 0 Å². The Balaban J connectivity index is 1.77. The summed E-state index contributed by atoms with van der Waals surface area (Å²) in [5, 5.41) is 9.81. The van der Waals surface area contributed by atoms with Crippen LogP contribution in [-0.4, -0.2) is 52.8 Å². The molecule has 1 fully saturated rings. The largest absolute Gasteiger partial charge is 0.438 e. The van der Waals surface area contributed by atoms with Crippen molar-refractivity contribution in [1.82, 2.24) is 9.88 Å². The molecule has 1 aromatic carbocycles. The molecule has 23 heavy (non-hydrogen) atoms. The van der Waals surface area contributed by atoms with Gasteiger partial charge in [0.1, 0.15) is 11.4 Å². The Bertz CT molecular complexity index is 676. The van der Waals surface area contributed by atoms with Crippen LogP contribution in [0.15, 0.2) is 41.3 Å². The Hall–Kier alpha value is -2.25. The zero-order chi connectivity index (χ0) is 16.3. The van der Waals surface area contributed by atoms with Gasteiger partial charge in [0.15, 0.2) is 6.39 Å². The molecule has 1 aromatic heterocycles. The molecule has 0 aliphatic carbocycles. The van der Waals surface area contributed by atoms with E-state index in [2.05, 4.69) is 4.98 Å². The predicted molar refractivity (Wildman–Crippen MR) is 78.3 cm³/mol. The van der Waals surface area contributed by atoms with Crippen molar-refractivity contribution in [2.24, 2.45) is 0 Å². The van der Waals surface area contributed by atoms with Gasteiger partial charge in [-0.2, -0.15) is 0 Å². The fraction of sp³-hybridized carbons (Fsp3) is 0.375. The minimum Gasteiger partial charge on any atom is -0.438 e. The zero-order valence-corrected chi connectivity index (χ0v) is 12.4. The second kappa shape index (κ2) is 6.47. The molecular formula is C16H17FN2O4. The van der Waals surface area contributed by atoms with Crippen LogP contribution in [0.25, 0.3) is 0 Å². The van der Waals surface area contributed by atoms with E-state index in [9.17, 15) is 14.3 Å². The average Bonchev–Trinajstić information content (AvgIpc) is 3.09. The van der Waals surface area contributed by atoms with E-state index in [-0.39, 0.29) is 37.2 Å². The Morgan fingerprint density at radius 1 is 1.48 bits per heavy atom. The smallest absolute Gasteiger partial charge is 0.291 e. The summed E-state index contributed by atoms with van der Waals surface area (Å²) in [6, 6.07) is 6.13. The average molecular weight is 320 g/mol. The van der Waals surface area contributed by atoms with Crippen molar-refractivity contribution >= 4 is 5.91 Å². The van der Waals surface area contributed by atoms with Gasteiger partial charge in [0.2, 0.25) is 5.76 Å². The summed E-state index contributed by atoms with van der Waals surface area (Å²) in [7, 11) is 0. The number of carbonyl (C=O) groups excluding carboxylic acids is 1. The van der Waals surface area contributed by atoms with Crippen LogP contribution in [0, 0.1) is 5.82 Å². The van der Waals surface area contributed by atoms with Crippen molar-refractivity contribution in [2.45, 2.75) is 12.0 Å². The number of aromatic nitrogens is 1. The third kappa shape index (κ3) is 3.40. The Morgan fingerprint density at radius 3 is 3.04 bits per heavy atom. The molecule has 2 aromatic rings. The van der Waals surface area contributed by atoms with E-state index < -0.39 is 5.60 Å². The molecule has 0 radical (unpaired) electrons. The molecule has 1 amide bonds. The molecule has 1 saturated heterocycles. The number of hydrogen-bond donors (Lipinski definition) is 1. The first-order valence-corrected chi connectivity index (χ1v) is 7.29. The monoisotopic (exact) mass is 320 g/mol. The van der Waals surface area contributed by atoms with Gasteiger partial charge in [-0.3, -0.25) is 4.79 Å². The summed E-state index contributed by atoms with van der Waals surface area (Å²) in [6.07, 6.45) is 2.85. The number of rotatable bonds is 4. The Labute approximate surface area is 132 Å². The SMILES string of the molecule is O=C(c1cnco1)N1CCO[C@](CO)(Cc2cccc(F)c2)C1. The van der Waals surface area contributed by atoms with Gasteiger partial charge < -0.3 is 19.2 Å². The van der Waals surface area contributed by atoms with Gasteiger partial charge in [0.05, 0.1) is 26.0 Å². The molecule has 6 nitrogen and oxygen atoms in total. The first-order valence-electron chi connectivity index (χ1n) is 7.29. The van der Waals surface area contributed by atoms with Crippen LogP contribution in [0.3, 0.4) is 0 Å². The highest BCUT2D eigenvalue weighted by molar-refractivity contribution is 5.91. The van der Waals surface area contributed by atoms with Crippen LogP contribution >= 0.6 is 0 Å². The maximum absolute atomic E-state index is 13.4. The van der Waals surface area contributed by atoms with Gasteiger partial charge in [-0.15, -0.1) is 0 Å². The topological polar surface area (TPSA) is 75.8 Å². The second-order valence-corrected chi connectivity index (χ2v) is 5.59. The van der Waals surface area contributed by atoms with E-state index in [1.807, 2.05) is 0 Å². The number of nitrogens with zero attached hydrogens (tertiary/aromatic N) is 2. The Kier molecular flexibility index (Phi) is 4.40. The van der Waals surface area contributed by atoms with E-state index in [1.165, 1.54) is 24.7 Å². The van der Waals surface area contributed by atoms with Crippen LogP contribution < -0.4 is 0 Å². The maximum atomic E-state index is 13.4.